The van der Waals surface area contributed by atoms with Gasteiger partial charge in [-0.3, -0.25) is 4.52 Å². The van der Waals surface area contributed by atoms with Crippen LogP contribution in [0.2, 0.25) is 0 Å². The lowest BCUT2D eigenvalue weighted by Gasteiger charge is -2.10. The van der Waals surface area contributed by atoms with E-state index in [-0.39, 0.29) is 6.61 Å². The minimum atomic E-state index is -4.09. The van der Waals surface area contributed by atoms with Gasteiger partial charge in [-0.15, -0.1) is 0 Å². The van der Waals surface area contributed by atoms with Crippen molar-refractivity contribution in [1.82, 2.24) is 0 Å². The molecular formula is C7H13O6P. The number of phosphoric ester groups is 1. The SMILES string of the molecule is C=CC(=O)OCOP(=O)(O)OCCC. The third-order valence-corrected chi connectivity index (χ3v) is 1.98. The molecule has 0 bridgehead atoms. The Kier molecular flexibility index (Phi) is 6.40. The van der Waals surface area contributed by atoms with Crippen molar-refractivity contribution < 1.29 is 28.0 Å². The van der Waals surface area contributed by atoms with E-state index in [0.717, 1.165) is 6.08 Å². The summed E-state index contributed by atoms with van der Waals surface area (Å²) < 4.78 is 24.0. The van der Waals surface area contributed by atoms with E-state index in [1.54, 1.807) is 6.92 Å². The van der Waals surface area contributed by atoms with Crippen LogP contribution in [0.1, 0.15) is 13.3 Å². The summed E-state index contributed by atoms with van der Waals surface area (Å²) in [5.74, 6) is -0.736. The number of carbonyl (C=O) groups excluding carboxylic acids is 1. The first-order chi connectivity index (χ1) is 6.52. The molecule has 0 aliphatic rings. The Labute approximate surface area is 82.1 Å². The Morgan fingerprint density at radius 1 is 1.57 bits per heavy atom. The maximum absolute atomic E-state index is 10.9. The maximum Gasteiger partial charge on any atom is 0.475 e. The zero-order valence-electron chi connectivity index (χ0n) is 7.84. The lowest BCUT2D eigenvalue weighted by Crippen LogP contribution is -2.05. The van der Waals surface area contributed by atoms with Crippen molar-refractivity contribution in [1.29, 1.82) is 0 Å². The number of hydrogen-bond donors (Lipinski definition) is 1. The molecule has 0 aromatic carbocycles. The topological polar surface area (TPSA) is 82.1 Å². The van der Waals surface area contributed by atoms with Crippen LogP contribution in [0.15, 0.2) is 12.7 Å². The van der Waals surface area contributed by atoms with Crippen molar-refractivity contribution in [2.45, 2.75) is 13.3 Å². The Hall–Kier alpha value is -0.680. The molecule has 14 heavy (non-hydrogen) atoms. The van der Waals surface area contributed by atoms with Crippen LogP contribution in [0.25, 0.3) is 0 Å². The van der Waals surface area contributed by atoms with E-state index >= 15 is 0 Å². The predicted octanol–water partition coefficient (Wildman–Crippen LogP) is 1.22. The standard InChI is InChI=1S/C7H13O6P/c1-3-5-12-14(9,10)13-6-11-7(8)4-2/h4H,2-3,5-6H2,1H3,(H,9,10). The van der Waals surface area contributed by atoms with Crippen LogP contribution in [-0.2, 0) is 23.1 Å². The molecule has 0 aromatic heterocycles. The highest BCUT2D eigenvalue weighted by Crippen LogP contribution is 2.42. The number of rotatable bonds is 7. The van der Waals surface area contributed by atoms with Crippen LogP contribution in [0.4, 0.5) is 0 Å². The monoisotopic (exact) mass is 224 g/mol. The molecule has 1 N–H and O–H groups in total. The second-order valence-electron chi connectivity index (χ2n) is 2.22. The largest absolute Gasteiger partial charge is 0.475 e. The lowest BCUT2D eigenvalue weighted by atomic mass is 10.5. The lowest BCUT2D eigenvalue weighted by molar-refractivity contribution is -0.144. The van der Waals surface area contributed by atoms with Crippen molar-refractivity contribution in [3.63, 3.8) is 0 Å². The van der Waals surface area contributed by atoms with Gasteiger partial charge in [0.1, 0.15) is 0 Å². The molecule has 0 aliphatic carbocycles. The normalized spacial score (nSPS) is 14.4. The van der Waals surface area contributed by atoms with E-state index in [1.165, 1.54) is 0 Å². The minimum Gasteiger partial charge on any atom is -0.435 e. The van der Waals surface area contributed by atoms with Gasteiger partial charge in [-0.05, 0) is 6.42 Å². The molecule has 1 unspecified atom stereocenters. The molecule has 0 aromatic rings. The first kappa shape index (κ1) is 13.3. The fraction of sp³-hybridized carbons (Fsp3) is 0.571. The Bertz CT molecular complexity index is 238. The molecule has 0 spiro atoms. The van der Waals surface area contributed by atoms with Crippen LogP contribution in [0.3, 0.4) is 0 Å². The zero-order valence-corrected chi connectivity index (χ0v) is 8.74. The second-order valence-corrected chi connectivity index (χ2v) is 3.67. The summed E-state index contributed by atoms with van der Waals surface area (Å²) in [6.45, 7) is 4.37. The molecule has 6 nitrogen and oxygen atoms in total. The van der Waals surface area contributed by atoms with Gasteiger partial charge in [0.05, 0.1) is 6.61 Å². The van der Waals surface area contributed by atoms with Gasteiger partial charge in [0.15, 0.2) is 0 Å². The predicted molar refractivity (Wildman–Crippen MR) is 48.3 cm³/mol. The third-order valence-electron chi connectivity index (χ3n) is 1.04. The van der Waals surface area contributed by atoms with E-state index in [1.807, 2.05) is 0 Å². The first-order valence-electron chi connectivity index (χ1n) is 3.93. The van der Waals surface area contributed by atoms with Crippen molar-refractivity contribution in [3.8, 4) is 0 Å². The molecule has 0 saturated heterocycles. The van der Waals surface area contributed by atoms with E-state index in [9.17, 15) is 9.36 Å². The smallest absolute Gasteiger partial charge is 0.435 e. The average Bonchev–Trinajstić information content (AvgIpc) is 2.14. The first-order valence-corrected chi connectivity index (χ1v) is 5.42. The van der Waals surface area contributed by atoms with Gasteiger partial charge in [-0.2, -0.15) is 0 Å². The number of hydrogen-bond acceptors (Lipinski definition) is 5. The Morgan fingerprint density at radius 2 is 2.21 bits per heavy atom. The quantitative estimate of drug-likeness (QED) is 0.303. The van der Waals surface area contributed by atoms with Gasteiger partial charge in [0.2, 0.25) is 6.79 Å². The molecule has 0 rings (SSSR count). The summed E-state index contributed by atoms with van der Waals surface area (Å²) in [7, 11) is -4.09. The van der Waals surface area contributed by atoms with Crippen LogP contribution in [0, 0.1) is 0 Å². The van der Waals surface area contributed by atoms with Gasteiger partial charge in [0, 0.05) is 6.08 Å². The number of ether oxygens (including phenoxy) is 1. The number of esters is 1. The van der Waals surface area contributed by atoms with E-state index in [2.05, 4.69) is 20.4 Å². The molecule has 0 radical (unpaired) electrons. The molecule has 1 atom stereocenters. The number of carbonyl (C=O) groups is 1. The molecular weight excluding hydrogens is 211 g/mol. The zero-order chi connectivity index (χ0) is 11.0. The Balaban J connectivity index is 3.70. The fourth-order valence-corrected chi connectivity index (χ4v) is 1.13. The van der Waals surface area contributed by atoms with Crippen LogP contribution in [0.5, 0.6) is 0 Å². The summed E-state index contributed by atoms with van der Waals surface area (Å²) in [4.78, 5) is 19.4. The molecule has 7 heteroatoms. The van der Waals surface area contributed by atoms with E-state index < -0.39 is 20.6 Å². The molecule has 0 amide bonds. The summed E-state index contributed by atoms with van der Waals surface area (Å²) in [6.07, 6.45) is 1.50. The van der Waals surface area contributed by atoms with Gasteiger partial charge in [0.25, 0.3) is 0 Å². The van der Waals surface area contributed by atoms with E-state index in [0.29, 0.717) is 6.42 Å². The summed E-state index contributed by atoms with van der Waals surface area (Å²) in [5, 5.41) is 0. The number of phosphoric acid groups is 1. The van der Waals surface area contributed by atoms with Crippen molar-refractivity contribution in [3.05, 3.63) is 12.7 Å². The van der Waals surface area contributed by atoms with Crippen LogP contribution >= 0.6 is 7.82 Å². The van der Waals surface area contributed by atoms with Gasteiger partial charge < -0.3 is 9.63 Å². The Morgan fingerprint density at radius 3 is 2.71 bits per heavy atom. The molecule has 0 saturated carbocycles. The second kappa shape index (κ2) is 6.73. The van der Waals surface area contributed by atoms with Crippen molar-refractivity contribution >= 4 is 13.8 Å². The minimum absolute atomic E-state index is 0.100. The highest BCUT2D eigenvalue weighted by molar-refractivity contribution is 7.47. The van der Waals surface area contributed by atoms with Crippen molar-refractivity contribution in [2.75, 3.05) is 13.4 Å². The highest BCUT2D eigenvalue weighted by Gasteiger charge is 2.20. The molecule has 0 heterocycles. The van der Waals surface area contributed by atoms with E-state index in [4.69, 9.17) is 4.89 Å². The van der Waals surface area contributed by atoms with Crippen LogP contribution in [-0.4, -0.2) is 24.3 Å². The fourth-order valence-electron chi connectivity index (χ4n) is 0.454. The highest BCUT2D eigenvalue weighted by atomic mass is 31.2. The van der Waals surface area contributed by atoms with Crippen molar-refractivity contribution in [2.24, 2.45) is 0 Å². The molecule has 0 fully saturated rings. The third kappa shape index (κ3) is 6.80. The summed E-state index contributed by atoms with van der Waals surface area (Å²) >= 11 is 0. The van der Waals surface area contributed by atoms with Gasteiger partial charge in [-0.1, -0.05) is 13.5 Å². The maximum atomic E-state index is 10.9. The van der Waals surface area contributed by atoms with Gasteiger partial charge in [-0.25, -0.2) is 13.9 Å². The average molecular weight is 224 g/mol. The van der Waals surface area contributed by atoms with Crippen LogP contribution < -0.4 is 0 Å². The van der Waals surface area contributed by atoms with Gasteiger partial charge >= 0.3 is 13.8 Å². The molecule has 82 valence electrons. The summed E-state index contributed by atoms with van der Waals surface area (Å²) in [6, 6.07) is 0. The molecule has 0 aliphatic heterocycles. The summed E-state index contributed by atoms with van der Waals surface area (Å²) in [5.41, 5.74) is 0.